The number of aromatic nitrogens is 4. The van der Waals surface area contributed by atoms with Crippen LogP contribution in [0.4, 0.5) is 13.2 Å². The van der Waals surface area contributed by atoms with Crippen LogP contribution in [0.3, 0.4) is 0 Å². The highest BCUT2D eigenvalue weighted by molar-refractivity contribution is 6.30. The molecule has 6 aromatic rings. The minimum absolute atomic E-state index is 0.300. The van der Waals surface area contributed by atoms with Gasteiger partial charge in [0.15, 0.2) is 5.65 Å². The standard InChI is InChI=1S/C30H18ClF3N4O/c31-23-14-16-24(17-15-23)37-27(36-28-26(29(37)39)18-35-38(28)25-4-2-1-3-5-25)21-8-6-19(7-9-21)20-10-12-22(13-11-20)30(32,33)34/h1-18H. The van der Waals surface area contributed by atoms with Gasteiger partial charge in [-0.2, -0.15) is 18.3 Å². The third kappa shape index (κ3) is 4.59. The van der Waals surface area contributed by atoms with Crippen molar-refractivity contribution in [3.05, 3.63) is 130 Å². The number of fused-ring (bicyclic) bond motifs is 1. The van der Waals surface area contributed by atoms with Gasteiger partial charge in [-0.1, -0.05) is 66.2 Å². The van der Waals surface area contributed by atoms with Crippen LogP contribution in [0, 0.1) is 0 Å². The summed E-state index contributed by atoms with van der Waals surface area (Å²) < 4.78 is 42.0. The summed E-state index contributed by atoms with van der Waals surface area (Å²) in [5.41, 5.74) is 2.73. The van der Waals surface area contributed by atoms with Crippen LogP contribution in [0.15, 0.2) is 114 Å². The molecule has 0 unspecified atom stereocenters. The van der Waals surface area contributed by atoms with Gasteiger partial charge in [-0.15, -0.1) is 0 Å². The number of hydrogen-bond acceptors (Lipinski definition) is 3. The second-order valence-electron chi connectivity index (χ2n) is 8.83. The van der Waals surface area contributed by atoms with E-state index in [1.807, 2.05) is 30.3 Å². The molecular formula is C30H18ClF3N4O. The first-order valence-electron chi connectivity index (χ1n) is 11.9. The second kappa shape index (κ2) is 9.56. The molecule has 0 fully saturated rings. The Labute approximate surface area is 225 Å². The number of nitrogens with zero attached hydrogens (tertiary/aromatic N) is 4. The largest absolute Gasteiger partial charge is 0.416 e. The molecule has 0 atom stereocenters. The molecule has 0 bridgehead atoms. The lowest BCUT2D eigenvalue weighted by molar-refractivity contribution is -0.137. The average Bonchev–Trinajstić information content (AvgIpc) is 3.38. The zero-order valence-corrected chi connectivity index (χ0v) is 20.9. The van der Waals surface area contributed by atoms with Crippen molar-refractivity contribution in [2.45, 2.75) is 6.18 Å². The van der Waals surface area contributed by atoms with Crippen molar-refractivity contribution in [1.82, 2.24) is 19.3 Å². The van der Waals surface area contributed by atoms with Gasteiger partial charge in [0.1, 0.15) is 11.2 Å². The Hall–Kier alpha value is -4.69. The highest BCUT2D eigenvalue weighted by atomic mass is 35.5. The third-order valence-electron chi connectivity index (χ3n) is 6.38. The van der Waals surface area contributed by atoms with Crippen LogP contribution in [0.25, 0.3) is 44.9 Å². The first kappa shape index (κ1) is 24.6. The molecule has 5 nitrogen and oxygen atoms in total. The van der Waals surface area contributed by atoms with Gasteiger partial charge in [-0.3, -0.25) is 9.36 Å². The summed E-state index contributed by atoms with van der Waals surface area (Å²) in [6.07, 6.45) is -2.90. The maximum Gasteiger partial charge on any atom is 0.416 e. The Morgan fingerprint density at radius 2 is 1.28 bits per heavy atom. The number of alkyl halides is 3. The zero-order valence-electron chi connectivity index (χ0n) is 20.1. The molecule has 2 aromatic heterocycles. The fraction of sp³-hybridized carbons (Fsp3) is 0.0333. The maximum absolute atomic E-state index is 13.8. The van der Waals surface area contributed by atoms with E-state index in [9.17, 15) is 18.0 Å². The van der Waals surface area contributed by atoms with Crippen molar-refractivity contribution in [2.24, 2.45) is 0 Å². The average molecular weight is 543 g/mol. The summed E-state index contributed by atoms with van der Waals surface area (Å²) in [7, 11) is 0. The normalized spacial score (nSPS) is 11.7. The van der Waals surface area contributed by atoms with Crippen molar-refractivity contribution in [3.8, 4) is 33.9 Å². The smallest absolute Gasteiger partial charge is 0.268 e. The van der Waals surface area contributed by atoms with E-state index in [1.165, 1.54) is 22.9 Å². The first-order valence-corrected chi connectivity index (χ1v) is 12.3. The molecule has 0 saturated carbocycles. The number of halogens is 4. The monoisotopic (exact) mass is 542 g/mol. The van der Waals surface area contributed by atoms with Gasteiger partial charge in [-0.05, 0) is 59.7 Å². The van der Waals surface area contributed by atoms with E-state index in [4.69, 9.17) is 16.6 Å². The zero-order chi connectivity index (χ0) is 27.1. The van der Waals surface area contributed by atoms with Gasteiger partial charge >= 0.3 is 6.18 Å². The summed E-state index contributed by atoms with van der Waals surface area (Å²) in [6.45, 7) is 0. The molecule has 6 rings (SSSR count). The lowest BCUT2D eigenvalue weighted by Crippen LogP contribution is -2.22. The van der Waals surface area contributed by atoms with E-state index in [2.05, 4.69) is 5.10 Å². The van der Waals surface area contributed by atoms with Crippen LogP contribution in [-0.4, -0.2) is 19.3 Å². The number of rotatable bonds is 4. The van der Waals surface area contributed by atoms with Crippen LogP contribution in [0.5, 0.6) is 0 Å². The molecule has 192 valence electrons. The van der Waals surface area contributed by atoms with Crippen LogP contribution < -0.4 is 5.56 Å². The molecule has 4 aromatic carbocycles. The Kier molecular flexibility index (Phi) is 6.04. The van der Waals surface area contributed by atoms with Gasteiger partial charge in [0, 0.05) is 10.6 Å². The quantitative estimate of drug-likeness (QED) is 0.231. The Bertz CT molecular complexity index is 1840. The lowest BCUT2D eigenvalue weighted by Gasteiger charge is -2.14. The minimum Gasteiger partial charge on any atom is -0.268 e. The molecule has 0 N–H and O–H groups in total. The van der Waals surface area contributed by atoms with E-state index in [0.717, 1.165) is 23.4 Å². The third-order valence-corrected chi connectivity index (χ3v) is 6.63. The van der Waals surface area contributed by atoms with Crippen LogP contribution in [0.1, 0.15) is 5.56 Å². The van der Waals surface area contributed by atoms with Gasteiger partial charge in [0.05, 0.1) is 23.1 Å². The van der Waals surface area contributed by atoms with Crippen molar-refractivity contribution in [2.75, 3.05) is 0 Å². The van der Waals surface area contributed by atoms with Crippen LogP contribution in [-0.2, 0) is 6.18 Å². The molecule has 0 amide bonds. The van der Waals surface area contributed by atoms with Crippen molar-refractivity contribution < 1.29 is 13.2 Å². The highest BCUT2D eigenvalue weighted by Gasteiger charge is 2.30. The summed E-state index contributed by atoms with van der Waals surface area (Å²) in [5, 5.41) is 5.30. The molecule has 0 aliphatic heterocycles. The van der Waals surface area contributed by atoms with Gasteiger partial charge < -0.3 is 0 Å². The Balaban J connectivity index is 1.51. The number of para-hydroxylation sites is 1. The van der Waals surface area contributed by atoms with Gasteiger partial charge in [0.25, 0.3) is 5.56 Å². The molecule has 0 spiro atoms. The summed E-state index contributed by atoms with van der Waals surface area (Å²) >= 11 is 6.09. The van der Waals surface area contributed by atoms with Gasteiger partial charge in [-0.25, -0.2) is 9.67 Å². The molecule has 39 heavy (non-hydrogen) atoms. The van der Waals surface area contributed by atoms with Gasteiger partial charge in [0.2, 0.25) is 0 Å². The molecule has 2 heterocycles. The van der Waals surface area contributed by atoms with E-state index >= 15 is 0 Å². The lowest BCUT2D eigenvalue weighted by atomic mass is 10.0. The van der Waals surface area contributed by atoms with E-state index in [0.29, 0.717) is 38.7 Å². The highest BCUT2D eigenvalue weighted by Crippen LogP contribution is 2.32. The SMILES string of the molecule is O=c1c2cnn(-c3ccccc3)c2nc(-c2ccc(-c3ccc(C(F)(F)F)cc3)cc2)n1-c1ccc(Cl)cc1. The summed E-state index contributed by atoms with van der Waals surface area (Å²) in [4.78, 5) is 18.7. The predicted molar refractivity (Wildman–Crippen MR) is 145 cm³/mol. The fourth-order valence-corrected chi connectivity index (χ4v) is 4.54. The van der Waals surface area contributed by atoms with E-state index in [-0.39, 0.29) is 5.56 Å². The summed E-state index contributed by atoms with van der Waals surface area (Å²) in [6, 6.07) is 28.4. The molecule has 0 saturated heterocycles. The fourth-order valence-electron chi connectivity index (χ4n) is 4.41. The molecule has 0 radical (unpaired) electrons. The predicted octanol–water partition coefficient (Wildman–Crippen LogP) is 7.58. The van der Waals surface area contributed by atoms with Crippen molar-refractivity contribution >= 4 is 22.6 Å². The number of hydrogen-bond donors (Lipinski definition) is 0. The molecular weight excluding hydrogens is 525 g/mol. The van der Waals surface area contributed by atoms with Crippen molar-refractivity contribution in [1.29, 1.82) is 0 Å². The topological polar surface area (TPSA) is 52.7 Å². The van der Waals surface area contributed by atoms with E-state index in [1.54, 1.807) is 53.2 Å². The minimum atomic E-state index is -4.40. The molecule has 0 aliphatic carbocycles. The van der Waals surface area contributed by atoms with Crippen molar-refractivity contribution in [3.63, 3.8) is 0 Å². The van der Waals surface area contributed by atoms with Crippen LogP contribution >= 0.6 is 11.6 Å². The second-order valence-corrected chi connectivity index (χ2v) is 9.27. The number of benzene rings is 4. The maximum atomic E-state index is 13.8. The Morgan fingerprint density at radius 3 is 1.90 bits per heavy atom. The molecule has 0 aliphatic rings. The van der Waals surface area contributed by atoms with E-state index < -0.39 is 11.7 Å². The Morgan fingerprint density at radius 1 is 0.692 bits per heavy atom. The van der Waals surface area contributed by atoms with Crippen LogP contribution in [0.2, 0.25) is 5.02 Å². The summed E-state index contributed by atoms with van der Waals surface area (Å²) in [5.74, 6) is 0.381. The molecule has 9 heteroatoms. The first-order chi connectivity index (χ1) is 18.8.